The van der Waals surface area contributed by atoms with E-state index in [-0.39, 0.29) is 0 Å². The zero-order valence-electron chi connectivity index (χ0n) is 13.6. The van der Waals surface area contributed by atoms with E-state index in [0.29, 0.717) is 5.92 Å². The Balaban J connectivity index is 1.87. The van der Waals surface area contributed by atoms with Crippen LogP contribution in [-0.2, 0) is 0 Å². The smallest absolute Gasteiger partial charge is 0.214 e. The maximum Gasteiger partial charge on any atom is 0.214 e. The lowest BCUT2D eigenvalue weighted by atomic mass is 10.0. The van der Waals surface area contributed by atoms with Crippen molar-refractivity contribution in [1.29, 1.82) is 0 Å². The van der Waals surface area contributed by atoms with Crippen molar-refractivity contribution in [2.75, 3.05) is 18.5 Å². The highest BCUT2D eigenvalue weighted by Gasteiger charge is 2.12. The Labute approximate surface area is 135 Å². The van der Waals surface area contributed by atoms with Crippen LogP contribution in [-0.4, -0.2) is 28.2 Å². The largest absolute Gasteiger partial charge is 0.350 e. The van der Waals surface area contributed by atoms with Gasteiger partial charge in [-0.2, -0.15) is 0 Å². The highest BCUT2D eigenvalue weighted by atomic mass is 32.1. The second-order valence-electron chi connectivity index (χ2n) is 5.94. The molecule has 0 spiro atoms. The van der Waals surface area contributed by atoms with E-state index >= 15 is 0 Å². The Kier molecular flexibility index (Phi) is 4.16. The number of aromatic nitrogens is 3. The van der Waals surface area contributed by atoms with E-state index in [1.807, 2.05) is 10.7 Å². The molecular weight excluding hydrogens is 292 g/mol. The zero-order chi connectivity index (χ0) is 15.7. The molecule has 0 radical (unpaired) electrons. The molecule has 0 aliphatic rings. The molecule has 1 aromatic carbocycles. The third-order valence-electron chi connectivity index (χ3n) is 3.79. The number of fused-ring (bicyclic) bond motifs is 1. The normalized spacial score (nSPS) is 11.5. The first-order valence-electron chi connectivity index (χ1n) is 7.76. The first kappa shape index (κ1) is 15.0. The minimum absolute atomic E-state index is 0.554. The van der Waals surface area contributed by atoms with Crippen molar-refractivity contribution in [3.63, 3.8) is 0 Å². The molecule has 3 aromatic rings. The third-order valence-corrected chi connectivity index (χ3v) is 4.83. The first-order valence-corrected chi connectivity index (χ1v) is 8.57. The van der Waals surface area contributed by atoms with Gasteiger partial charge in [-0.05, 0) is 17.9 Å². The molecule has 0 unspecified atom stereocenters. The Bertz CT molecular complexity index is 723. The van der Waals surface area contributed by atoms with Crippen LogP contribution in [0.5, 0.6) is 0 Å². The molecule has 4 nitrogen and oxygen atoms in total. The maximum absolute atomic E-state index is 4.71. The van der Waals surface area contributed by atoms with Crippen LogP contribution in [0.25, 0.3) is 16.2 Å². The minimum atomic E-state index is 0.554. The summed E-state index contributed by atoms with van der Waals surface area (Å²) in [6.45, 7) is 7.61. The van der Waals surface area contributed by atoms with Crippen LogP contribution in [0, 0.1) is 0 Å². The third kappa shape index (κ3) is 2.86. The number of hydrogen-bond acceptors (Lipinski definition) is 4. The molecule has 0 N–H and O–H groups in total. The standard InChI is InChI=1S/C17H22N4S/c1-5-10-20(4)17-19-21-11-15(18-16(21)22-17)14-8-6-13(7-9-14)12(2)3/h6-9,11-12H,5,10H2,1-4H3. The summed E-state index contributed by atoms with van der Waals surface area (Å²) < 4.78 is 1.89. The lowest BCUT2D eigenvalue weighted by molar-refractivity contribution is 0.827. The second-order valence-corrected chi connectivity index (χ2v) is 6.87. The van der Waals surface area contributed by atoms with Crippen LogP contribution in [0.3, 0.4) is 0 Å². The van der Waals surface area contributed by atoms with Crippen molar-refractivity contribution in [2.24, 2.45) is 0 Å². The highest BCUT2D eigenvalue weighted by molar-refractivity contribution is 7.20. The van der Waals surface area contributed by atoms with Gasteiger partial charge in [0.1, 0.15) is 0 Å². The van der Waals surface area contributed by atoms with Crippen LogP contribution < -0.4 is 4.90 Å². The molecule has 2 aromatic heterocycles. The molecule has 0 atom stereocenters. The summed E-state index contributed by atoms with van der Waals surface area (Å²) >= 11 is 1.64. The van der Waals surface area contributed by atoms with Crippen molar-refractivity contribution < 1.29 is 0 Å². The van der Waals surface area contributed by atoms with Crippen molar-refractivity contribution >= 4 is 21.4 Å². The summed E-state index contributed by atoms with van der Waals surface area (Å²) in [5.41, 5.74) is 3.48. The molecule has 0 aliphatic heterocycles. The van der Waals surface area contributed by atoms with Gasteiger partial charge in [0, 0.05) is 19.2 Å². The lowest BCUT2D eigenvalue weighted by Gasteiger charge is -2.12. The Hall–Kier alpha value is -1.88. The molecule has 0 saturated heterocycles. The van der Waals surface area contributed by atoms with Crippen LogP contribution in [0.2, 0.25) is 0 Å². The number of imidazole rings is 1. The number of rotatable bonds is 5. The summed E-state index contributed by atoms with van der Waals surface area (Å²) in [5, 5.41) is 5.64. The molecule has 3 rings (SSSR count). The van der Waals surface area contributed by atoms with Crippen LogP contribution in [0.1, 0.15) is 38.7 Å². The SMILES string of the molecule is CCCN(C)c1nn2cc(-c3ccc(C(C)C)cc3)nc2s1. The molecule has 0 amide bonds. The van der Waals surface area contributed by atoms with E-state index in [9.17, 15) is 0 Å². The Morgan fingerprint density at radius 2 is 1.95 bits per heavy atom. The van der Waals surface area contributed by atoms with E-state index < -0.39 is 0 Å². The fourth-order valence-corrected chi connectivity index (χ4v) is 3.32. The average Bonchev–Trinajstić information content (AvgIpc) is 3.06. The number of nitrogens with zero attached hydrogens (tertiary/aromatic N) is 4. The quantitative estimate of drug-likeness (QED) is 0.698. The summed E-state index contributed by atoms with van der Waals surface area (Å²) in [7, 11) is 2.08. The maximum atomic E-state index is 4.71. The predicted molar refractivity (Wildman–Crippen MR) is 94.0 cm³/mol. The second kappa shape index (κ2) is 6.08. The first-order chi connectivity index (χ1) is 10.6. The average molecular weight is 314 g/mol. The van der Waals surface area contributed by atoms with Crippen molar-refractivity contribution in [3.8, 4) is 11.3 Å². The summed E-state index contributed by atoms with van der Waals surface area (Å²) in [5.74, 6) is 0.554. The summed E-state index contributed by atoms with van der Waals surface area (Å²) in [6, 6.07) is 8.65. The fraction of sp³-hybridized carbons (Fsp3) is 0.412. The van der Waals surface area contributed by atoms with Gasteiger partial charge in [-0.15, -0.1) is 5.10 Å². The van der Waals surface area contributed by atoms with Crippen molar-refractivity contribution in [2.45, 2.75) is 33.1 Å². The van der Waals surface area contributed by atoms with Gasteiger partial charge < -0.3 is 4.90 Å². The van der Waals surface area contributed by atoms with E-state index in [1.165, 1.54) is 5.56 Å². The predicted octanol–water partition coefficient (Wildman–Crippen LogP) is 4.43. The number of benzene rings is 1. The van der Waals surface area contributed by atoms with Crippen LogP contribution >= 0.6 is 11.3 Å². The molecule has 116 valence electrons. The highest BCUT2D eigenvalue weighted by Crippen LogP contribution is 2.27. The van der Waals surface area contributed by atoms with Gasteiger partial charge in [0.15, 0.2) is 0 Å². The van der Waals surface area contributed by atoms with Crippen LogP contribution in [0.4, 0.5) is 5.13 Å². The molecule has 0 aliphatic carbocycles. The van der Waals surface area contributed by atoms with E-state index in [0.717, 1.165) is 34.3 Å². The molecular formula is C17H22N4S. The van der Waals surface area contributed by atoms with E-state index in [1.54, 1.807) is 11.3 Å². The van der Waals surface area contributed by atoms with E-state index in [2.05, 4.69) is 62.1 Å². The topological polar surface area (TPSA) is 33.4 Å². The summed E-state index contributed by atoms with van der Waals surface area (Å²) in [6.07, 6.45) is 3.13. The van der Waals surface area contributed by atoms with Gasteiger partial charge in [-0.3, -0.25) is 0 Å². The summed E-state index contributed by atoms with van der Waals surface area (Å²) in [4.78, 5) is 7.84. The number of anilines is 1. The van der Waals surface area contributed by atoms with E-state index in [4.69, 9.17) is 4.98 Å². The molecule has 22 heavy (non-hydrogen) atoms. The van der Waals surface area contributed by atoms with Crippen molar-refractivity contribution in [3.05, 3.63) is 36.0 Å². The number of hydrogen-bond donors (Lipinski definition) is 0. The fourth-order valence-electron chi connectivity index (χ4n) is 2.45. The zero-order valence-corrected chi connectivity index (χ0v) is 14.4. The minimum Gasteiger partial charge on any atom is -0.350 e. The lowest BCUT2D eigenvalue weighted by Crippen LogP contribution is -2.17. The van der Waals surface area contributed by atoms with Crippen LogP contribution in [0.15, 0.2) is 30.5 Å². The van der Waals surface area contributed by atoms with Gasteiger partial charge in [-0.1, -0.05) is 56.4 Å². The monoisotopic (exact) mass is 314 g/mol. The molecule has 0 fully saturated rings. The molecule has 5 heteroatoms. The molecule has 0 bridgehead atoms. The van der Waals surface area contributed by atoms with Gasteiger partial charge in [0.25, 0.3) is 0 Å². The Morgan fingerprint density at radius 1 is 1.23 bits per heavy atom. The Morgan fingerprint density at radius 3 is 2.55 bits per heavy atom. The molecule has 0 saturated carbocycles. The van der Waals surface area contributed by atoms with Gasteiger partial charge in [-0.25, -0.2) is 9.50 Å². The van der Waals surface area contributed by atoms with Gasteiger partial charge in [0.05, 0.1) is 11.9 Å². The van der Waals surface area contributed by atoms with Gasteiger partial charge in [0.2, 0.25) is 10.1 Å². The van der Waals surface area contributed by atoms with Gasteiger partial charge >= 0.3 is 0 Å². The van der Waals surface area contributed by atoms with Crippen molar-refractivity contribution in [1.82, 2.24) is 14.6 Å². The molecule has 2 heterocycles.